The SMILES string of the molecule is COc1nn(C)c2nc(C)c(CCC(=O)Nc3ccc(C)cc3OCC(F)(F)F)c(C)c12. The molecule has 3 aromatic rings. The summed E-state index contributed by atoms with van der Waals surface area (Å²) in [4.78, 5) is 17.2. The number of carbonyl (C=O) groups excluding carboxylic acids is 1. The summed E-state index contributed by atoms with van der Waals surface area (Å²) < 4.78 is 49.5. The van der Waals surface area contributed by atoms with Gasteiger partial charge in [0.1, 0.15) is 5.75 Å². The Kier molecular flexibility index (Phi) is 6.61. The molecule has 0 unspecified atom stereocenters. The zero-order chi connectivity index (χ0) is 23.6. The summed E-state index contributed by atoms with van der Waals surface area (Å²) in [5.74, 6) is 0.0956. The van der Waals surface area contributed by atoms with Crippen LogP contribution in [0.3, 0.4) is 0 Å². The molecule has 1 aromatic carbocycles. The lowest BCUT2D eigenvalue weighted by atomic mass is 10.00. The molecule has 0 bridgehead atoms. The number of rotatable bonds is 7. The number of pyridine rings is 1. The summed E-state index contributed by atoms with van der Waals surface area (Å²) >= 11 is 0. The molecule has 10 heteroatoms. The van der Waals surface area contributed by atoms with Crippen LogP contribution in [0.2, 0.25) is 0 Å². The minimum atomic E-state index is -4.47. The maximum absolute atomic E-state index is 12.6. The highest BCUT2D eigenvalue weighted by molar-refractivity contribution is 5.93. The first kappa shape index (κ1) is 23.4. The van der Waals surface area contributed by atoms with E-state index in [2.05, 4.69) is 15.4 Å². The van der Waals surface area contributed by atoms with Gasteiger partial charge in [0.25, 0.3) is 0 Å². The lowest BCUT2D eigenvalue weighted by Gasteiger charge is -2.15. The highest BCUT2D eigenvalue weighted by Gasteiger charge is 2.29. The van der Waals surface area contributed by atoms with Crippen LogP contribution >= 0.6 is 0 Å². The number of hydrogen-bond acceptors (Lipinski definition) is 5. The first-order chi connectivity index (χ1) is 15.0. The van der Waals surface area contributed by atoms with Gasteiger partial charge in [0.15, 0.2) is 12.3 Å². The molecule has 0 aliphatic carbocycles. The topological polar surface area (TPSA) is 78.3 Å². The number of hydrogen-bond donors (Lipinski definition) is 1. The molecule has 172 valence electrons. The van der Waals surface area contributed by atoms with Crippen molar-refractivity contribution in [2.45, 2.75) is 39.8 Å². The van der Waals surface area contributed by atoms with Crippen molar-refractivity contribution in [3.05, 3.63) is 40.6 Å². The average Bonchev–Trinajstić information content (AvgIpc) is 3.03. The second-order valence-corrected chi connectivity index (χ2v) is 7.58. The van der Waals surface area contributed by atoms with Crippen LogP contribution in [0.4, 0.5) is 18.9 Å². The number of amides is 1. The summed E-state index contributed by atoms with van der Waals surface area (Å²) in [5, 5.41) is 7.76. The van der Waals surface area contributed by atoms with Crippen LogP contribution in [0.15, 0.2) is 18.2 Å². The van der Waals surface area contributed by atoms with Gasteiger partial charge in [-0.1, -0.05) is 6.07 Å². The van der Waals surface area contributed by atoms with E-state index < -0.39 is 12.8 Å². The van der Waals surface area contributed by atoms with E-state index >= 15 is 0 Å². The summed E-state index contributed by atoms with van der Waals surface area (Å²) in [6, 6.07) is 4.68. The van der Waals surface area contributed by atoms with Crippen LogP contribution in [0.5, 0.6) is 11.6 Å². The third kappa shape index (κ3) is 5.12. The van der Waals surface area contributed by atoms with Crippen LogP contribution in [0, 0.1) is 20.8 Å². The number of benzene rings is 1. The van der Waals surface area contributed by atoms with Gasteiger partial charge < -0.3 is 14.8 Å². The summed E-state index contributed by atoms with van der Waals surface area (Å²) in [6.07, 6.45) is -3.96. The second kappa shape index (κ2) is 9.05. The molecule has 0 atom stereocenters. The monoisotopic (exact) mass is 450 g/mol. The van der Waals surface area contributed by atoms with Crippen LogP contribution < -0.4 is 14.8 Å². The van der Waals surface area contributed by atoms with Crippen LogP contribution in [0.25, 0.3) is 11.0 Å². The maximum atomic E-state index is 12.6. The second-order valence-electron chi connectivity index (χ2n) is 7.58. The van der Waals surface area contributed by atoms with E-state index in [9.17, 15) is 18.0 Å². The quantitative estimate of drug-likeness (QED) is 0.577. The number of alkyl halides is 3. The van der Waals surface area contributed by atoms with Gasteiger partial charge in [-0.25, -0.2) is 9.67 Å². The Morgan fingerprint density at radius 2 is 1.94 bits per heavy atom. The van der Waals surface area contributed by atoms with Crippen molar-refractivity contribution in [1.82, 2.24) is 14.8 Å². The van der Waals surface area contributed by atoms with Crippen molar-refractivity contribution < 1.29 is 27.4 Å². The Hall–Kier alpha value is -3.30. The fourth-order valence-corrected chi connectivity index (χ4v) is 3.57. The van der Waals surface area contributed by atoms with E-state index in [1.807, 2.05) is 13.8 Å². The summed E-state index contributed by atoms with van der Waals surface area (Å²) in [6.45, 7) is 4.09. The van der Waals surface area contributed by atoms with E-state index in [4.69, 9.17) is 9.47 Å². The van der Waals surface area contributed by atoms with Gasteiger partial charge in [-0.2, -0.15) is 13.2 Å². The third-order valence-electron chi connectivity index (χ3n) is 5.12. The van der Waals surface area contributed by atoms with Gasteiger partial charge in [0.2, 0.25) is 11.8 Å². The minimum Gasteiger partial charge on any atom is -0.482 e. The number of aromatic nitrogens is 3. The Bertz CT molecular complexity index is 1160. The number of nitrogens with one attached hydrogen (secondary N) is 1. The fraction of sp³-hybridized carbons (Fsp3) is 0.409. The molecule has 2 aromatic heterocycles. The first-order valence-electron chi connectivity index (χ1n) is 9.97. The zero-order valence-electron chi connectivity index (χ0n) is 18.6. The smallest absolute Gasteiger partial charge is 0.422 e. The lowest BCUT2D eigenvalue weighted by Crippen LogP contribution is -2.20. The number of fused-ring (bicyclic) bond motifs is 1. The van der Waals surface area contributed by atoms with Crippen molar-refractivity contribution in [1.29, 1.82) is 0 Å². The summed E-state index contributed by atoms with van der Waals surface area (Å²) in [5.41, 5.74) is 4.21. The van der Waals surface area contributed by atoms with Crippen molar-refractivity contribution in [3.8, 4) is 11.6 Å². The molecule has 0 fully saturated rings. The van der Waals surface area contributed by atoms with Gasteiger partial charge in [-0.15, -0.1) is 5.10 Å². The molecule has 0 radical (unpaired) electrons. The Labute approximate surface area is 183 Å². The molecule has 0 saturated heterocycles. The van der Waals surface area contributed by atoms with Gasteiger partial charge in [-0.3, -0.25) is 4.79 Å². The number of ether oxygens (including phenoxy) is 2. The number of carbonyl (C=O) groups is 1. The number of methoxy groups -OCH3 is 1. The molecule has 3 rings (SSSR count). The van der Waals surface area contributed by atoms with Crippen molar-refractivity contribution in [3.63, 3.8) is 0 Å². The van der Waals surface area contributed by atoms with Crippen molar-refractivity contribution in [2.24, 2.45) is 7.05 Å². The predicted molar refractivity (Wildman–Crippen MR) is 114 cm³/mol. The molecule has 32 heavy (non-hydrogen) atoms. The normalized spacial score (nSPS) is 11.6. The van der Waals surface area contributed by atoms with E-state index in [0.29, 0.717) is 17.9 Å². The van der Waals surface area contributed by atoms with Gasteiger partial charge in [-0.05, 0) is 56.0 Å². The molecular weight excluding hydrogens is 425 g/mol. The number of halogens is 3. The summed E-state index contributed by atoms with van der Waals surface area (Å²) in [7, 11) is 3.32. The Morgan fingerprint density at radius 1 is 1.22 bits per heavy atom. The van der Waals surface area contributed by atoms with E-state index in [0.717, 1.165) is 27.8 Å². The molecule has 2 heterocycles. The Morgan fingerprint density at radius 3 is 2.59 bits per heavy atom. The van der Waals surface area contributed by atoms with E-state index in [1.165, 1.54) is 19.2 Å². The van der Waals surface area contributed by atoms with Gasteiger partial charge in [0.05, 0.1) is 18.2 Å². The van der Waals surface area contributed by atoms with Crippen LogP contribution in [-0.4, -0.2) is 40.6 Å². The van der Waals surface area contributed by atoms with Crippen molar-refractivity contribution in [2.75, 3.05) is 19.0 Å². The van der Waals surface area contributed by atoms with E-state index in [1.54, 1.807) is 24.7 Å². The van der Waals surface area contributed by atoms with Crippen LogP contribution in [-0.2, 0) is 18.3 Å². The molecule has 0 spiro atoms. The minimum absolute atomic E-state index is 0.0220. The van der Waals surface area contributed by atoms with Crippen LogP contribution in [0.1, 0.15) is 28.8 Å². The van der Waals surface area contributed by atoms with Crippen molar-refractivity contribution >= 4 is 22.6 Å². The highest BCUT2D eigenvalue weighted by Crippen LogP contribution is 2.31. The highest BCUT2D eigenvalue weighted by atomic mass is 19.4. The Balaban J connectivity index is 1.77. The molecule has 0 saturated carbocycles. The fourth-order valence-electron chi connectivity index (χ4n) is 3.57. The molecular formula is C22H25F3N4O3. The number of aryl methyl sites for hydroxylation is 4. The van der Waals surface area contributed by atoms with Gasteiger partial charge in [0, 0.05) is 19.2 Å². The molecule has 1 amide bonds. The molecule has 1 N–H and O–H groups in total. The van der Waals surface area contributed by atoms with E-state index in [-0.39, 0.29) is 23.8 Å². The third-order valence-corrected chi connectivity index (χ3v) is 5.12. The molecule has 0 aliphatic heterocycles. The number of anilines is 1. The van der Waals surface area contributed by atoms with Gasteiger partial charge >= 0.3 is 6.18 Å². The standard InChI is InChI=1S/C22H25F3N4O3/c1-12-6-8-16(17(10-12)32-11-22(23,24)25)27-18(30)9-7-15-13(2)19-20(26-14(15)3)29(4)28-21(19)31-5/h6,8,10H,7,9,11H2,1-5H3,(H,27,30). The zero-order valence-corrected chi connectivity index (χ0v) is 18.6. The maximum Gasteiger partial charge on any atom is 0.422 e. The first-order valence-corrected chi connectivity index (χ1v) is 9.97. The average molecular weight is 450 g/mol. The molecule has 0 aliphatic rings. The molecule has 7 nitrogen and oxygen atoms in total. The largest absolute Gasteiger partial charge is 0.482 e. The predicted octanol–water partition coefficient (Wildman–Crippen LogP) is 4.41. The number of nitrogens with zero attached hydrogens (tertiary/aromatic N) is 3. The lowest BCUT2D eigenvalue weighted by molar-refractivity contribution is -0.153.